The highest BCUT2D eigenvalue weighted by atomic mass is 35.5. The second-order valence-electron chi connectivity index (χ2n) is 3.76. The summed E-state index contributed by atoms with van der Waals surface area (Å²) >= 11 is 6.05. The van der Waals surface area contributed by atoms with Gasteiger partial charge in [-0.05, 0) is 30.3 Å². The lowest BCUT2D eigenvalue weighted by molar-refractivity contribution is 0.0601. The monoisotopic (exact) mass is 277 g/mol. The minimum Gasteiger partial charge on any atom is -0.465 e. The first-order valence-electron chi connectivity index (χ1n) is 5.47. The lowest BCUT2D eigenvalue weighted by Gasteiger charge is -2.11. The average molecular weight is 278 g/mol. The van der Waals surface area contributed by atoms with E-state index in [0.29, 0.717) is 27.8 Å². The van der Waals surface area contributed by atoms with E-state index in [1.807, 2.05) is 0 Å². The predicted molar refractivity (Wildman–Crippen MR) is 74.7 cm³/mol. The molecule has 0 saturated carbocycles. The first-order valence-corrected chi connectivity index (χ1v) is 5.85. The van der Waals surface area contributed by atoms with Gasteiger partial charge >= 0.3 is 5.97 Å². The van der Waals surface area contributed by atoms with Gasteiger partial charge in [-0.2, -0.15) is 0 Å². The van der Waals surface area contributed by atoms with Crippen molar-refractivity contribution in [3.8, 4) is 0 Å². The van der Waals surface area contributed by atoms with E-state index in [9.17, 15) is 4.79 Å². The molecule has 19 heavy (non-hydrogen) atoms. The number of carbonyl (C=O) groups is 1. The van der Waals surface area contributed by atoms with Crippen LogP contribution in [-0.4, -0.2) is 18.1 Å². The summed E-state index contributed by atoms with van der Waals surface area (Å²) in [6.07, 6.45) is 1.56. The molecule has 1 aromatic heterocycles. The van der Waals surface area contributed by atoms with Gasteiger partial charge < -0.3 is 15.8 Å². The van der Waals surface area contributed by atoms with Crippen LogP contribution < -0.4 is 11.1 Å². The number of hydrogen-bond acceptors (Lipinski definition) is 5. The molecule has 0 amide bonds. The van der Waals surface area contributed by atoms with E-state index >= 15 is 0 Å². The lowest BCUT2D eigenvalue weighted by atomic mass is 10.2. The summed E-state index contributed by atoms with van der Waals surface area (Å²) in [6.45, 7) is 0. The highest BCUT2D eigenvalue weighted by molar-refractivity contribution is 6.33. The number of aromatic nitrogens is 1. The minimum absolute atomic E-state index is 0.323. The van der Waals surface area contributed by atoms with Crippen molar-refractivity contribution in [2.24, 2.45) is 0 Å². The van der Waals surface area contributed by atoms with Gasteiger partial charge in [-0.25, -0.2) is 9.78 Å². The molecule has 0 spiro atoms. The van der Waals surface area contributed by atoms with Crippen LogP contribution in [0.4, 0.5) is 17.2 Å². The topological polar surface area (TPSA) is 77.2 Å². The van der Waals surface area contributed by atoms with E-state index < -0.39 is 5.97 Å². The Bertz CT molecular complexity index is 617. The van der Waals surface area contributed by atoms with Crippen molar-refractivity contribution >= 4 is 34.8 Å². The van der Waals surface area contributed by atoms with Crippen molar-refractivity contribution in [1.82, 2.24) is 4.98 Å². The Morgan fingerprint density at radius 2 is 2.21 bits per heavy atom. The largest absolute Gasteiger partial charge is 0.465 e. The number of nitrogens with zero attached hydrogens (tertiary/aromatic N) is 1. The number of nitrogens with two attached hydrogens (primary N) is 1. The molecule has 0 fully saturated rings. The predicted octanol–water partition coefficient (Wildman–Crippen LogP) is 2.85. The molecule has 1 aromatic carbocycles. The van der Waals surface area contributed by atoms with Gasteiger partial charge in [-0.3, -0.25) is 0 Å². The molecule has 0 atom stereocenters. The van der Waals surface area contributed by atoms with Crippen LogP contribution in [-0.2, 0) is 4.74 Å². The van der Waals surface area contributed by atoms with E-state index in [4.69, 9.17) is 22.1 Å². The summed E-state index contributed by atoms with van der Waals surface area (Å²) in [7, 11) is 1.31. The smallest absolute Gasteiger partial charge is 0.341 e. The molecule has 0 aliphatic rings. The molecular formula is C13H12ClN3O2. The zero-order valence-electron chi connectivity index (χ0n) is 10.2. The van der Waals surface area contributed by atoms with Crippen LogP contribution in [0.3, 0.4) is 0 Å². The number of methoxy groups -OCH3 is 1. The van der Waals surface area contributed by atoms with Gasteiger partial charge in [0.25, 0.3) is 0 Å². The van der Waals surface area contributed by atoms with Crippen molar-refractivity contribution in [3.05, 3.63) is 47.1 Å². The van der Waals surface area contributed by atoms with Gasteiger partial charge in [0.1, 0.15) is 11.4 Å². The summed E-state index contributed by atoms with van der Waals surface area (Å²) in [5, 5.41) is 3.46. The highest BCUT2D eigenvalue weighted by Gasteiger charge is 2.13. The molecule has 98 valence electrons. The van der Waals surface area contributed by atoms with E-state index in [2.05, 4.69) is 10.3 Å². The molecule has 0 unspecified atom stereocenters. The van der Waals surface area contributed by atoms with Crippen LogP contribution in [0.25, 0.3) is 0 Å². The number of hydrogen-bond donors (Lipinski definition) is 2. The van der Waals surface area contributed by atoms with Crippen LogP contribution in [0.15, 0.2) is 36.5 Å². The van der Waals surface area contributed by atoms with Crippen molar-refractivity contribution < 1.29 is 9.53 Å². The third kappa shape index (κ3) is 2.95. The second-order valence-corrected chi connectivity index (χ2v) is 4.16. The fraction of sp³-hybridized carbons (Fsp3) is 0.0769. The van der Waals surface area contributed by atoms with Gasteiger partial charge in [-0.1, -0.05) is 11.6 Å². The van der Waals surface area contributed by atoms with E-state index in [1.165, 1.54) is 7.11 Å². The summed E-state index contributed by atoms with van der Waals surface area (Å²) < 4.78 is 4.69. The number of carbonyl (C=O) groups excluding carboxylic acids is 1. The van der Waals surface area contributed by atoms with Gasteiger partial charge in [0, 0.05) is 11.9 Å². The summed E-state index contributed by atoms with van der Waals surface area (Å²) in [6, 6.07) is 8.28. The van der Waals surface area contributed by atoms with Crippen LogP contribution in [0.2, 0.25) is 5.02 Å². The van der Waals surface area contributed by atoms with Crippen molar-refractivity contribution in [2.75, 3.05) is 18.2 Å². The minimum atomic E-state index is -0.476. The molecule has 6 heteroatoms. The highest BCUT2D eigenvalue weighted by Crippen LogP contribution is 2.28. The first kappa shape index (κ1) is 13.2. The SMILES string of the molecule is COC(=O)c1cccnc1Nc1cc(N)ccc1Cl. The molecule has 0 saturated heterocycles. The van der Waals surface area contributed by atoms with Crippen LogP contribution in [0.5, 0.6) is 0 Å². The molecule has 0 radical (unpaired) electrons. The normalized spacial score (nSPS) is 10.0. The van der Waals surface area contributed by atoms with Crippen LogP contribution >= 0.6 is 11.6 Å². The quantitative estimate of drug-likeness (QED) is 0.666. The Hall–Kier alpha value is -2.27. The molecular weight excluding hydrogens is 266 g/mol. The Morgan fingerprint density at radius 1 is 1.42 bits per heavy atom. The lowest BCUT2D eigenvalue weighted by Crippen LogP contribution is -2.07. The molecule has 2 aromatic rings. The molecule has 0 aliphatic carbocycles. The number of anilines is 3. The number of esters is 1. The maximum Gasteiger partial charge on any atom is 0.341 e. The number of rotatable bonds is 3. The second kappa shape index (κ2) is 5.58. The van der Waals surface area contributed by atoms with Crippen molar-refractivity contribution in [2.45, 2.75) is 0 Å². The van der Waals surface area contributed by atoms with E-state index in [1.54, 1.807) is 36.5 Å². The fourth-order valence-corrected chi connectivity index (χ4v) is 1.71. The Labute approximate surface area is 115 Å². The number of ether oxygens (including phenoxy) is 1. The van der Waals surface area contributed by atoms with Crippen LogP contribution in [0.1, 0.15) is 10.4 Å². The zero-order valence-corrected chi connectivity index (χ0v) is 10.9. The molecule has 0 bridgehead atoms. The summed E-state index contributed by atoms with van der Waals surface area (Å²) in [5.74, 6) is -0.113. The Kier molecular flexibility index (Phi) is 3.87. The van der Waals surface area contributed by atoms with Crippen molar-refractivity contribution in [3.63, 3.8) is 0 Å². The standard InChI is InChI=1S/C13H12ClN3O2/c1-19-13(18)9-3-2-6-16-12(9)17-11-7-8(15)4-5-10(11)14/h2-7H,15H2,1H3,(H,16,17). The van der Waals surface area contributed by atoms with Gasteiger partial charge in [-0.15, -0.1) is 0 Å². The number of halogens is 1. The van der Waals surface area contributed by atoms with Gasteiger partial charge in [0.2, 0.25) is 0 Å². The van der Waals surface area contributed by atoms with E-state index in [0.717, 1.165) is 0 Å². The Morgan fingerprint density at radius 3 is 2.95 bits per heavy atom. The third-order valence-corrected chi connectivity index (χ3v) is 2.79. The summed E-state index contributed by atoms with van der Waals surface area (Å²) in [5.41, 5.74) is 7.15. The van der Waals surface area contributed by atoms with Gasteiger partial charge in [0.15, 0.2) is 0 Å². The van der Waals surface area contributed by atoms with Crippen LogP contribution in [0, 0.1) is 0 Å². The molecule has 1 heterocycles. The molecule has 3 N–H and O–H groups in total. The maximum atomic E-state index is 11.6. The number of nitrogen functional groups attached to an aromatic ring is 1. The first-order chi connectivity index (χ1) is 9.11. The number of benzene rings is 1. The average Bonchev–Trinajstić information content (AvgIpc) is 2.42. The molecule has 2 rings (SSSR count). The Balaban J connectivity index is 2.38. The summed E-state index contributed by atoms with van der Waals surface area (Å²) in [4.78, 5) is 15.7. The number of pyridine rings is 1. The zero-order chi connectivity index (χ0) is 13.8. The van der Waals surface area contributed by atoms with Crippen molar-refractivity contribution in [1.29, 1.82) is 0 Å². The molecule has 5 nitrogen and oxygen atoms in total. The van der Waals surface area contributed by atoms with E-state index in [-0.39, 0.29) is 0 Å². The number of nitrogens with one attached hydrogen (secondary N) is 1. The fourth-order valence-electron chi connectivity index (χ4n) is 1.55. The molecule has 0 aliphatic heterocycles. The third-order valence-electron chi connectivity index (χ3n) is 2.46. The maximum absolute atomic E-state index is 11.6. The van der Waals surface area contributed by atoms with Gasteiger partial charge in [0.05, 0.1) is 17.8 Å².